The van der Waals surface area contributed by atoms with Crippen LogP contribution in [0.4, 0.5) is 0 Å². The van der Waals surface area contributed by atoms with Gasteiger partial charge in [0.25, 0.3) is 0 Å². The molecule has 1 aromatic heterocycles. The van der Waals surface area contributed by atoms with Gasteiger partial charge in [0.15, 0.2) is 5.82 Å². The van der Waals surface area contributed by atoms with Crippen LogP contribution in [0.5, 0.6) is 0 Å². The SMILES string of the molecule is CC1CCCC(CNCCc2ncon2)C1. The van der Waals surface area contributed by atoms with E-state index in [1.165, 1.54) is 32.1 Å². The van der Waals surface area contributed by atoms with Crippen LogP contribution in [-0.2, 0) is 6.42 Å². The molecule has 0 bridgehead atoms. The van der Waals surface area contributed by atoms with Crippen LogP contribution in [-0.4, -0.2) is 23.2 Å². The first-order chi connectivity index (χ1) is 7.84. The van der Waals surface area contributed by atoms with Crippen LogP contribution >= 0.6 is 0 Å². The molecule has 0 aromatic carbocycles. The van der Waals surface area contributed by atoms with Crippen LogP contribution in [0.3, 0.4) is 0 Å². The molecule has 0 spiro atoms. The molecule has 4 heteroatoms. The van der Waals surface area contributed by atoms with Crippen molar-refractivity contribution in [2.24, 2.45) is 11.8 Å². The maximum Gasteiger partial charge on any atom is 0.213 e. The van der Waals surface area contributed by atoms with Gasteiger partial charge < -0.3 is 9.84 Å². The first-order valence-electron chi connectivity index (χ1n) is 6.30. The molecule has 4 nitrogen and oxygen atoms in total. The average Bonchev–Trinajstić information content (AvgIpc) is 2.77. The first kappa shape index (κ1) is 11.6. The van der Waals surface area contributed by atoms with Crippen molar-refractivity contribution in [3.05, 3.63) is 12.2 Å². The Kier molecular flexibility index (Phi) is 4.34. The molecule has 90 valence electrons. The van der Waals surface area contributed by atoms with E-state index in [2.05, 4.69) is 26.9 Å². The molecule has 1 aliphatic rings. The van der Waals surface area contributed by atoms with Gasteiger partial charge in [-0.05, 0) is 31.2 Å². The molecule has 0 radical (unpaired) electrons. The third-order valence-corrected chi connectivity index (χ3v) is 3.41. The molecule has 2 unspecified atom stereocenters. The number of aromatic nitrogens is 2. The molecule has 2 rings (SSSR count). The Hall–Kier alpha value is -0.900. The minimum absolute atomic E-state index is 0.796. The second-order valence-corrected chi connectivity index (χ2v) is 4.94. The number of hydrogen-bond donors (Lipinski definition) is 1. The number of hydrogen-bond acceptors (Lipinski definition) is 4. The highest BCUT2D eigenvalue weighted by Crippen LogP contribution is 2.27. The van der Waals surface area contributed by atoms with Crippen molar-refractivity contribution in [1.82, 2.24) is 15.5 Å². The Morgan fingerprint density at radius 3 is 3.19 bits per heavy atom. The standard InChI is InChI=1S/C12H21N3O/c1-10-3-2-4-11(7-10)8-13-6-5-12-14-9-16-15-12/h9-11,13H,2-8H2,1H3. The fourth-order valence-corrected chi connectivity index (χ4v) is 2.55. The van der Waals surface area contributed by atoms with Gasteiger partial charge in [-0.3, -0.25) is 0 Å². The smallest absolute Gasteiger partial charge is 0.213 e. The van der Waals surface area contributed by atoms with Crippen LogP contribution in [0.15, 0.2) is 10.9 Å². The lowest BCUT2D eigenvalue weighted by Gasteiger charge is -2.26. The number of rotatable bonds is 5. The average molecular weight is 223 g/mol. The quantitative estimate of drug-likeness (QED) is 0.776. The molecule has 1 heterocycles. The Balaban J connectivity index is 1.57. The molecule has 1 N–H and O–H groups in total. The van der Waals surface area contributed by atoms with Crippen molar-refractivity contribution in [2.45, 2.75) is 39.0 Å². The summed E-state index contributed by atoms with van der Waals surface area (Å²) in [4.78, 5) is 3.99. The Morgan fingerprint density at radius 1 is 1.50 bits per heavy atom. The van der Waals surface area contributed by atoms with E-state index >= 15 is 0 Å². The predicted molar refractivity (Wildman–Crippen MR) is 62.0 cm³/mol. The minimum Gasteiger partial charge on any atom is -0.343 e. The summed E-state index contributed by atoms with van der Waals surface area (Å²) in [6.07, 6.45) is 7.84. The highest BCUT2D eigenvalue weighted by molar-refractivity contribution is 4.79. The second-order valence-electron chi connectivity index (χ2n) is 4.94. The Labute approximate surface area is 96.8 Å². The highest BCUT2D eigenvalue weighted by Gasteiger charge is 2.18. The van der Waals surface area contributed by atoms with Crippen LogP contribution in [0.1, 0.15) is 38.4 Å². The minimum atomic E-state index is 0.796. The topological polar surface area (TPSA) is 51.0 Å². The summed E-state index contributed by atoms with van der Waals surface area (Å²) in [5.74, 6) is 2.58. The molecule has 1 aromatic rings. The van der Waals surface area contributed by atoms with E-state index in [0.29, 0.717) is 0 Å². The molecule has 1 saturated carbocycles. The molecule has 0 amide bonds. The van der Waals surface area contributed by atoms with Crippen LogP contribution in [0.25, 0.3) is 0 Å². The molecular weight excluding hydrogens is 202 g/mol. The monoisotopic (exact) mass is 223 g/mol. The van der Waals surface area contributed by atoms with Gasteiger partial charge in [0, 0.05) is 13.0 Å². The first-order valence-corrected chi connectivity index (χ1v) is 6.30. The van der Waals surface area contributed by atoms with Crippen molar-refractivity contribution in [3.8, 4) is 0 Å². The van der Waals surface area contributed by atoms with Gasteiger partial charge in [-0.15, -0.1) is 0 Å². The van der Waals surface area contributed by atoms with Gasteiger partial charge in [0.1, 0.15) is 0 Å². The summed E-state index contributed by atoms with van der Waals surface area (Å²) < 4.78 is 4.69. The van der Waals surface area contributed by atoms with Gasteiger partial charge in [-0.1, -0.05) is 24.9 Å². The molecule has 16 heavy (non-hydrogen) atoms. The summed E-state index contributed by atoms with van der Waals surface area (Å²) in [6, 6.07) is 0. The maximum absolute atomic E-state index is 4.69. The van der Waals surface area contributed by atoms with Gasteiger partial charge in [-0.25, -0.2) is 0 Å². The van der Waals surface area contributed by atoms with Gasteiger partial charge in [0.05, 0.1) is 0 Å². The summed E-state index contributed by atoms with van der Waals surface area (Å²) in [5.41, 5.74) is 0. The van der Waals surface area contributed by atoms with Crippen molar-refractivity contribution in [1.29, 1.82) is 0 Å². The zero-order valence-electron chi connectivity index (χ0n) is 9.98. The second kappa shape index (κ2) is 5.99. The zero-order chi connectivity index (χ0) is 11.2. The van der Waals surface area contributed by atoms with E-state index in [1.807, 2.05) is 0 Å². The molecular formula is C12H21N3O. The van der Waals surface area contributed by atoms with Gasteiger partial charge in [-0.2, -0.15) is 4.98 Å². The lowest BCUT2D eigenvalue weighted by molar-refractivity contribution is 0.275. The molecule has 0 aliphatic heterocycles. The normalized spacial score (nSPS) is 25.8. The van der Waals surface area contributed by atoms with E-state index in [0.717, 1.165) is 37.2 Å². The maximum atomic E-state index is 4.69. The lowest BCUT2D eigenvalue weighted by Crippen LogP contribution is -2.28. The predicted octanol–water partition coefficient (Wildman–Crippen LogP) is 2.03. The van der Waals surface area contributed by atoms with Crippen molar-refractivity contribution >= 4 is 0 Å². The van der Waals surface area contributed by atoms with E-state index < -0.39 is 0 Å². The Bertz CT molecular complexity index is 286. The summed E-state index contributed by atoms with van der Waals surface area (Å²) >= 11 is 0. The fourth-order valence-electron chi connectivity index (χ4n) is 2.55. The summed E-state index contributed by atoms with van der Waals surface area (Å²) in [6.45, 7) is 4.46. The van der Waals surface area contributed by atoms with E-state index in [4.69, 9.17) is 0 Å². The molecule has 2 atom stereocenters. The molecule has 1 fully saturated rings. The van der Waals surface area contributed by atoms with Crippen molar-refractivity contribution in [3.63, 3.8) is 0 Å². The van der Waals surface area contributed by atoms with Gasteiger partial charge >= 0.3 is 0 Å². The fraction of sp³-hybridized carbons (Fsp3) is 0.833. The van der Waals surface area contributed by atoms with Crippen molar-refractivity contribution < 1.29 is 4.52 Å². The van der Waals surface area contributed by atoms with E-state index in [-0.39, 0.29) is 0 Å². The number of nitrogens with one attached hydrogen (secondary N) is 1. The largest absolute Gasteiger partial charge is 0.343 e. The summed E-state index contributed by atoms with van der Waals surface area (Å²) in [7, 11) is 0. The zero-order valence-corrected chi connectivity index (χ0v) is 9.98. The summed E-state index contributed by atoms with van der Waals surface area (Å²) in [5, 5.41) is 7.28. The van der Waals surface area contributed by atoms with Crippen LogP contribution < -0.4 is 5.32 Å². The number of nitrogens with zero attached hydrogens (tertiary/aromatic N) is 2. The molecule has 0 saturated heterocycles. The van der Waals surface area contributed by atoms with E-state index in [1.54, 1.807) is 0 Å². The third kappa shape index (κ3) is 3.59. The van der Waals surface area contributed by atoms with Gasteiger partial charge in [0.2, 0.25) is 6.39 Å². The third-order valence-electron chi connectivity index (χ3n) is 3.41. The lowest BCUT2D eigenvalue weighted by atomic mass is 9.82. The highest BCUT2D eigenvalue weighted by atomic mass is 16.5. The van der Waals surface area contributed by atoms with Crippen LogP contribution in [0.2, 0.25) is 0 Å². The van der Waals surface area contributed by atoms with Crippen molar-refractivity contribution in [2.75, 3.05) is 13.1 Å². The van der Waals surface area contributed by atoms with Crippen LogP contribution in [0, 0.1) is 11.8 Å². The molecule has 1 aliphatic carbocycles. The Morgan fingerprint density at radius 2 is 2.44 bits per heavy atom. The van der Waals surface area contributed by atoms with E-state index in [9.17, 15) is 0 Å².